The Hall–Kier alpha value is -3.46. The third-order valence-electron chi connectivity index (χ3n) is 8.77. The zero-order valence-corrected chi connectivity index (χ0v) is 20.4. The molecule has 1 unspecified atom stereocenters. The molecule has 36 heavy (non-hydrogen) atoms. The third kappa shape index (κ3) is 4.32. The second kappa shape index (κ2) is 9.20. The van der Waals surface area contributed by atoms with Crippen LogP contribution < -0.4 is 15.4 Å². The van der Waals surface area contributed by atoms with E-state index in [1.54, 1.807) is 18.3 Å². The number of hydrogen-bond donors (Lipinski definition) is 1. The highest BCUT2D eigenvalue weighted by molar-refractivity contribution is 5.84. The molecule has 3 aliphatic rings. The smallest absolute Gasteiger partial charge is 0.272 e. The second-order valence-electron chi connectivity index (χ2n) is 10.7. The summed E-state index contributed by atoms with van der Waals surface area (Å²) in [6.07, 6.45) is 7.97. The molecular weight excluding hydrogens is 456 g/mol. The molecule has 188 valence electrons. The lowest BCUT2D eigenvalue weighted by molar-refractivity contribution is -0.384. The van der Waals surface area contributed by atoms with E-state index in [0.717, 1.165) is 56.0 Å². The molecule has 1 atom stereocenters. The van der Waals surface area contributed by atoms with Crippen LogP contribution in [0.1, 0.15) is 32.1 Å². The molecule has 1 aliphatic carbocycles. The van der Waals surface area contributed by atoms with E-state index < -0.39 is 0 Å². The predicted molar refractivity (Wildman–Crippen MR) is 141 cm³/mol. The number of aromatic amines is 1. The first-order chi connectivity index (χ1) is 17.5. The molecule has 1 saturated carbocycles. The summed E-state index contributed by atoms with van der Waals surface area (Å²) in [5.41, 5.74) is 2.66. The number of nitrogens with one attached hydrogen (secondary N) is 1. The van der Waals surface area contributed by atoms with Crippen LogP contribution in [-0.4, -0.2) is 65.3 Å². The van der Waals surface area contributed by atoms with Crippen LogP contribution in [0.3, 0.4) is 0 Å². The van der Waals surface area contributed by atoms with E-state index in [-0.39, 0.29) is 16.2 Å². The number of hydrogen-bond acceptors (Lipinski definition) is 7. The summed E-state index contributed by atoms with van der Waals surface area (Å²) in [7, 11) is 0. The van der Waals surface area contributed by atoms with Gasteiger partial charge in [-0.3, -0.25) is 19.8 Å². The van der Waals surface area contributed by atoms with Crippen LogP contribution in [-0.2, 0) is 0 Å². The van der Waals surface area contributed by atoms with Gasteiger partial charge in [0.15, 0.2) is 0 Å². The Morgan fingerprint density at radius 1 is 0.917 bits per heavy atom. The van der Waals surface area contributed by atoms with Gasteiger partial charge in [-0.15, -0.1) is 0 Å². The summed E-state index contributed by atoms with van der Waals surface area (Å²) in [6, 6.07) is 13.7. The van der Waals surface area contributed by atoms with Gasteiger partial charge in [-0.25, -0.2) is 5.10 Å². The van der Waals surface area contributed by atoms with Gasteiger partial charge in [-0.2, -0.15) is 5.10 Å². The van der Waals surface area contributed by atoms with Crippen molar-refractivity contribution < 1.29 is 4.92 Å². The summed E-state index contributed by atoms with van der Waals surface area (Å²) in [4.78, 5) is 30.2. The maximum absolute atomic E-state index is 12.2. The molecule has 1 aromatic heterocycles. The van der Waals surface area contributed by atoms with E-state index >= 15 is 0 Å². The van der Waals surface area contributed by atoms with Crippen LogP contribution in [0.4, 0.5) is 17.1 Å². The first kappa shape index (κ1) is 23.0. The first-order valence-electron chi connectivity index (χ1n) is 13.0. The number of piperidine rings is 1. The van der Waals surface area contributed by atoms with Crippen LogP contribution >= 0.6 is 0 Å². The monoisotopic (exact) mass is 488 g/mol. The summed E-state index contributed by atoms with van der Waals surface area (Å²) in [5, 5.41) is 18.9. The molecule has 3 fully saturated rings. The fourth-order valence-electron chi connectivity index (χ4n) is 6.58. The molecule has 6 rings (SSSR count). The molecule has 9 nitrogen and oxygen atoms in total. The Morgan fingerprint density at radius 2 is 1.61 bits per heavy atom. The number of benzene rings is 2. The summed E-state index contributed by atoms with van der Waals surface area (Å²) in [6.45, 7) is 6.09. The lowest BCUT2D eigenvalue weighted by Gasteiger charge is -2.42. The second-order valence-corrected chi connectivity index (χ2v) is 10.7. The maximum Gasteiger partial charge on any atom is 0.272 e. The van der Waals surface area contributed by atoms with Crippen molar-refractivity contribution in [2.24, 2.45) is 5.41 Å². The van der Waals surface area contributed by atoms with Gasteiger partial charge in [0, 0.05) is 74.2 Å². The molecule has 3 heterocycles. The van der Waals surface area contributed by atoms with Gasteiger partial charge in [0.1, 0.15) is 0 Å². The zero-order valence-electron chi connectivity index (χ0n) is 20.4. The largest absolute Gasteiger partial charge is 0.371 e. The molecule has 2 saturated heterocycles. The zero-order chi connectivity index (χ0) is 24.7. The van der Waals surface area contributed by atoms with Crippen molar-refractivity contribution in [3.63, 3.8) is 0 Å². The molecule has 9 heteroatoms. The Labute approximate surface area is 209 Å². The van der Waals surface area contributed by atoms with Gasteiger partial charge in [0.05, 0.1) is 16.5 Å². The Bertz CT molecular complexity index is 1310. The van der Waals surface area contributed by atoms with Crippen LogP contribution in [0.2, 0.25) is 0 Å². The van der Waals surface area contributed by atoms with E-state index in [0.29, 0.717) is 16.8 Å². The van der Waals surface area contributed by atoms with E-state index in [1.807, 2.05) is 24.3 Å². The SMILES string of the molecule is O=c1[nH]ncc2ccc(N3CCC4(CCC(N5CCN(c6ccc([N+](=O)[O-])cc6)CC5)C4)CC3)cc12. The number of H-pyrrole nitrogens is 1. The van der Waals surface area contributed by atoms with Gasteiger partial charge in [-0.1, -0.05) is 6.07 Å². The molecule has 1 N–H and O–H groups in total. The van der Waals surface area contributed by atoms with Crippen LogP contribution in [0, 0.1) is 15.5 Å². The molecule has 2 aromatic carbocycles. The van der Waals surface area contributed by atoms with Crippen molar-refractivity contribution in [1.29, 1.82) is 0 Å². The summed E-state index contributed by atoms with van der Waals surface area (Å²) in [5.74, 6) is 0. The summed E-state index contributed by atoms with van der Waals surface area (Å²) >= 11 is 0. The minimum Gasteiger partial charge on any atom is -0.371 e. The number of anilines is 2. The Morgan fingerprint density at radius 3 is 2.33 bits per heavy atom. The van der Waals surface area contributed by atoms with Gasteiger partial charge < -0.3 is 9.80 Å². The number of fused-ring (bicyclic) bond motifs is 1. The average molecular weight is 489 g/mol. The van der Waals surface area contributed by atoms with Gasteiger partial charge in [-0.05, 0) is 61.8 Å². The van der Waals surface area contributed by atoms with Crippen LogP contribution in [0.5, 0.6) is 0 Å². The van der Waals surface area contributed by atoms with Crippen LogP contribution in [0.15, 0.2) is 53.5 Å². The van der Waals surface area contributed by atoms with E-state index in [4.69, 9.17) is 0 Å². The number of piperazine rings is 1. The molecule has 0 bridgehead atoms. The predicted octanol–water partition coefficient (Wildman–Crippen LogP) is 3.79. The number of rotatable bonds is 4. The van der Waals surface area contributed by atoms with E-state index in [2.05, 4.69) is 31.0 Å². The third-order valence-corrected chi connectivity index (χ3v) is 8.77. The van der Waals surface area contributed by atoms with Crippen molar-refractivity contribution in [2.45, 2.75) is 38.1 Å². The van der Waals surface area contributed by atoms with Crippen molar-refractivity contribution >= 4 is 27.8 Å². The minimum atomic E-state index is -0.345. The van der Waals surface area contributed by atoms with Crippen molar-refractivity contribution in [3.05, 3.63) is 69.1 Å². The number of non-ortho nitro benzene ring substituents is 1. The highest BCUT2D eigenvalue weighted by atomic mass is 16.6. The lowest BCUT2D eigenvalue weighted by atomic mass is 9.76. The van der Waals surface area contributed by atoms with E-state index in [9.17, 15) is 14.9 Å². The molecule has 2 aliphatic heterocycles. The number of nitro benzene ring substituents is 1. The normalized spacial score (nSPS) is 22.4. The number of nitrogens with zero attached hydrogens (tertiary/aromatic N) is 5. The van der Waals surface area contributed by atoms with Gasteiger partial charge in [0.2, 0.25) is 0 Å². The quantitative estimate of drug-likeness (QED) is 0.441. The Balaban J connectivity index is 1.04. The highest BCUT2D eigenvalue weighted by Gasteiger charge is 2.43. The van der Waals surface area contributed by atoms with Crippen molar-refractivity contribution in [3.8, 4) is 0 Å². The highest BCUT2D eigenvalue weighted by Crippen LogP contribution is 2.48. The fourth-order valence-corrected chi connectivity index (χ4v) is 6.58. The van der Waals surface area contributed by atoms with Gasteiger partial charge in [0.25, 0.3) is 11.2 Å². The molecular formula is C27H32N6O3. The molecule has 0 amide bonds. The maximum atomic E-state index is 12.2. The van der Waals surface area contributed by atoms with Crippen LogP contribution in [0.25, 0.3) is 10.8 Å². The van der Waals surface area contributed by atoms with Crippen molar-refractivity contribution in [2.75, 3.05) is 49.1 Å². The molecule has 1 spiro atoms. The molecule has 0 radical (unpaired) electrons. The van der Waals surface area contributed by atoms with E-state index in [1.165, 1.54) is 32.1 Å². The number of nitro groups is 1. The Kier molecular flexibility index (Phi) is 5.87. The topological polar surface area (TPSA) is 98.6 Å². The summed E-state index contributed by atoms with van der Waals surface area (Å²) < 4.78 is 0. The lowest BCUT2D eigenvalue weighted by Crippen LogP contribution is -2.50. The average Bonchev–Trinajstić information content (AvgIpc) is 3.33. The standard InChI is InChI=1S/C27H32N6O3/c34-26-25-17-23(2-1-20(25)19-28-29-26)30-11-9-27(10-12-30)8-7-24(18-27)32-15-13-31(14-16-32)21-3-5-22(6-4-21)33(35)36/h1-6,17,19,24H,7-16,18H2,(H,29,34). The number of aromatic nitrogens is 2. The first-order valence-corrected chi connectivity index (χ1v) is 13.0. The minimum absolute atomic E-state index is 0.130. The van der Waals surface area contributed by atoms with Crippen molar-refractivity contribution in [1.82, 2.24) is 15.1 Å². The fraction of sp³-hybridized carbons (Fsp3) is 0.481. The van der Waals surface area contributed by atoms with Gasteiger partial charge >= 0.3 is 0 Å². The molecule has 3 aromatic rings.